The van der Waals surface area contributed by atoms with Crippen LogP contribution in [0.25, 0.3) is 0 Å². The predicted octanol–water partition coefficient (Wildman–Crippen LogP) is 3.10. The first-order chi connectivity index (χ1) is 9.15. The van der Waals surface area contributed by atoms with Crippen LogP contribution in [-0.2, 0) is 13.1 Å². The SMILES string of the molecule is Cc1oc(CNCC(C)C)cc1CN1CC=CCC1. The summed E-state index contributed by atoms with van der Waals surface area (Å²) in [6, 6.07) is 2.21. The summed E-state index contributed by atoms with van der Waals surface area (Å²) in [6.07, 6.45) is 5.68. The monoisotopic (exact) mass is 262 g/mol. The van der Waals surface area contributed by atoms with E-state index < -0.39 is 0 Å². The van der Waals surface area contributed by atoms with Crippen LogP contribution in [0.2, 0.25) is 0 Å². The van der Waals surface area contributed by atoms with E-state index in [9.17, 15) is 0 Å². The summed E-state index contributed by atoms with van der Waals surface area (Å²) in [5.41, 5.74) is 1.33. The highest BCUT2D eigenvalue weighted by atomic mass is 16.3. The number of hydrogen-bond donors (Lipinski definition) is 1. The van der Waals surface area contributed by atoms with Crippen LogP contribution in [0.3, 0.4) is 0 Å². The number of nitrogens with one attached hydrogen (secondary N) is 1. The molecule has 2 rings (SSSR count). The van der Waals surface area contributed by atoms with Crippen molar-refractivity contribution >= 4 is 0 Å². The van der Waals surface area contributed by atoms with Crippen molar-refractivity contribution in [1.82, 2.24) is 10.2 Å². The van der Waals surface area contributed by atoms with Crippen molar-refractivity contribution in [3.8, 4) is 0 Å². The normalized spacial score (nSPS) is 16.4. The van der Waals surface area contributed by atoms with Gasteiger partial charge in [0.15, 0.2) is 0 Å². The van der Waals surface area contributed by atoms with Gasteiger partial charge in [-0.1, -0.05) is 26.0 Å². The molecule has 19 heavy (non-hydrogen) atoms. The minimum atomic E-state index is 0.677. The summed E-state index contributed by atoms with van der Waals surface area (Å²) in [5, 5.41) is 3.43. The van der Waals surface area contributed by atoms with Crippen LogP contribution in [0.1, 0.15) is 37.4 Å². The lowest BCUT2D eigenvalue weighted by molar-refractivity contribution is 0.288. The molecule has 1 aromatic heterocycles. The van der Waals surface area contributed by atoms with Gasteiger partial charge >= 0.3 is 0 Å². The summed E-state index contributed by atoms with van der Waals surface area (Å²) >= 11 is 0. The summed E-state index contributed by atoms with van der Waals surface area (Å²) in [5.74, 6) is 2.80. The topological polar surface area (TPSA) is 28.4 Å². The molecule has 0 unspecified atom stereocenters. The van der Waals surface area contributed by atoms with Crippen LogP contribution < -0.4 is 5.32 Å². The average molecular weight is 262 g/mol. The lowest BCUT2D eigenvalue weighted by Gasteiger charge is -2.22. The summed E-state index contributed by atoms with van der Waals surface area (Å²) in [7, 11) is 0. The van der Waals surface area contributed by atoms with Gasteiger partial charge in [0.2, 0.25) is 0 Å². The molecule has 0 amide bonds. The lowest BCUT2D eigenvalue weighted by atomic mass is 10.2. The summed E-state index contributed by atoms with van der Waals surface area (Å²) in [6.45, 7) is 11.6. The molecule has 0 saturated heterocycles. The Bertz CT molecular complexity index is 420. The number of aryl methyl sites for hydroxylation is 1. The van der Waals surface area contributed by atoms with Crippen molar-refractivity contribution in [2.24, 2.45) is 5.92 Å². The van der Waals surface area contributed by atoms with Crippen LogP contribution in [0, 0.1) is 12.8 Å². The molecule has 0 saturated carbocycles. The van der Waals surface area contributed by atoms with Gasteiger partial charge in [0, 0.05) is 25.2 Å². The largest absolute Gasteiger partial charge is 0.465 e. The predicted molar refractivity (Wildman–Crippen MR) is 79.0 cm³/mol. The number of furan rings is 1. The molecule has 0 fully saturated rings. The molecule has 3 heteroatoms. The Morgan fingerprint density at radius 1 is 1.37 bits per heavy atom. The lowest BCUT2D eigenvalue weighted by Crippen LogP contribution is -2.26. The molecule has 1 aliphatic heterocycles. The van der Waals surface area contributed by atoms with Crippen molar-refractivity contribution in [2.45, 2.75) is 40.3 Å². The summed E-state index contributed by atoms with van der Waals surface area (Å²) < 4.78 is 5.83. The third-order valence-electron chi connectivity index (χ3n) is 3.46. The van der Waals surface area contributed by atoms with Crippen molar-refractivity contribution in [3.63, 3.8) is 0 Å². The first-order valence-electron chi connectivity index (χ1n) is 7.31. The highest BCUT2D eigenvalue weighted by Gasteiger charge is 2.12. The van der Waals surface area contributed by atoms with E-state index in [0.29, 0.717) is 5.92 Å². The molecule has 0 radical (unpaired) electrons. The van der Waals surface area contributed by atoms with Crippen LogP contribution in [0.4, 0.5) is 0 Å². The zero-order valence-electron chi connectivity index (χ0n) is 12.4. The molecule has 0 aromatic carbocycles. The average Bonchev–Trinajstić information content (AvgIpc) is 2.71. The maximum absolute atomic E-state index is 5.83. The highest BCUT2D eigenvalue weighted by Crippen LogP contribution is 2.18. The van der Waals surface area contributed by atoms with Crippen molar-refractivity contribution < 1.29 is 4.42 Å². The second-order valence-electron chi connectivity index (χ2n) is 5.81. The summed E-state index contributed by atoms with van der Waals surface area (Å²) in [4.78, 5) is 2.46. The Kier molecular flexibility index (Phi) is 5.23. The van der Waals surface area contributed by atoms with E-state index in [2.05, 4.69) is 49.2 Å². The zero-order chi connectivity index (χ0) is 13.7. The smallest absolute Gasteiger partial charge is 0.118 e. The number of hydrogen-bond acceptors (Lipinski definition) is 3. The Hall–Kier alpha value is -1.06. The zero-order valence-corrected chi connectivity index (χ0v) is 12.4. The second-order valence-corrected chi connectivity index (χ2v) is 5.81. The van der Waals surface area contributed by atoms with Crippen LogP contribution >= 0.6 is 0 Å². The quantitative estimate of drug-likeness (QED) is 0.799. The van der Waals surface area contributed by atoms with Crippen molar-refractivity contribution in [1.29, 1.82) is 0 Å². The third kappa shape index (κ3) is 4.51. The molecular weight excluding hydrogens is 236 g/mol. The van der Waals surface area contributed by atoms with Crippen LogP contribution in [-0.4, -0.2) is 24.5 Å². The standard InChI is InChI=1S/C16H26N2O/c1-13(2)10-17-11-16-9-15(14(3)19-16)12-18-7-5-4-6-8-18/h4-5,9,13,17H,6-8,10-12H2,1-3H3. The number of rotatable bonds is 6. The molecule has 0 spiro atoms. The second kappa shape index (κ2) is 6.92. The van der Waals surface area contributed by atoms with Crippen molar-refractivity contribution in [2.75, 3.05) is 19.6 Å². The molecule has 0 bridgehead atoms. The van der Waals surface area contributed by atoms with Gasteiger partial charge in [-0.05, 0) is 31.9 Å². The van der Waals surface area contributed by atoms with Gasteiger partial charge in [0.1, 0.15) is 11.5 Å². The molecule has 1 N–H and O–H groups in total. The molecule has 106 valence electrons. The molecule has 2 heterocycles. The van der Waals surface area contributed by atoms with Crippen LogP contribution in [0.15, 0.2) is 22.6 Å². The fourth-order valence-electron chi connectivity index (χ4n) is 2.39. The van der Waals surface area contributed by atoms with Gasteiger partial charge in [-0.25, -0.2) is 0 Å². The first-order valence-corrected chi connectivity index (χ1v) is 7.31. The molecule has 1 aromatic rings. The van der Waals surface area contributed by atoms with Crippen molar-refractivity contribution in [3.05, 3.63) is 35.3 Å². The van der Waals surface area contributed by atoms with E-state index in [0.717, 1.165) is 44.2 Å². The van der Waals surface area contributed by atoms with Gasteiger partial charge in [-0.3, -0.25) is 4.90 Å². The molecule has 0 aliphatic carbocycles. The first kappa shape index (κ1) is 14.4. The minimum absolute atomic E-state index is 0.677. The van der Waals surface area contributed by atoms with E-state index in [-0.39, 0.29) is 0 Å². The molecule has 0 atom stereocenters. The maximum atomic E-state index is 5.83. The van der Waals surface area contributed by atoms with Gasteiger partial charge in [0.05, 0.1) is 6.54 Å². The van der Waals surface area contributed by atoms with Gasteiger partial charge < -0.3 is 9.73 Å². The fourth-order valence-corrected chi connectivity index (χ4v) is 2.39. The molecular formula is C16H26N2O. The Morgan fingerprint density at radius 3 is 2.89 bits per heavy atom. The van der Waals surface area contributed by atoms with E-state index in [1.807, 2.05) is 0 Å². The van der Waals surface area contributed by atoms with Gasteiger partial charge in [-0.2, -0.15) is 0 Å². The van der Waals surface area contributed by atoms with E-state index in [4.69, 9.17) is 4.42 Å². The Balaban J connectivity index is 1.87. The van der Waals surface area contributed by atoms with E-state index >= 15 is 0 Å². The van der Waals surface area contributed by atoms with Gasteiger partial charge in [0.25, 0.3) is 0 Å². The Labute approximate surface area is 116 Å². The fraction of sp³-hybridized carbons (Fsp3) is 0.625. The molecule has 3 nitrogen and oxygen atoms in total. The van der Waals surface area contributed by atoms with Crippen LogP contribution in [0.5, 0.6) is 0 Å². The van der Waals surface area contributed by atoms with Gasteiger partial charge in [-0.15, -0.1) is 0 Å². The number of nitrogens with zero attached hydrogens (tertiary/aromatic N) is 1. The maximum Gasteiger partial charge on any atom is 0.118 e. The molecule has 1 aliphatic rings. The highest BCUT2D eigenvalue weighted by molar-refractivity contribution is 5.21. The Morgan fingerprint density at radius 2 is 2.21 bits per heavy atom. The minimum Gasteiger partial charge on any atom is -0.465 e. The van der Waals surface area contributed by atoms with E-state index in [1.54, 1.807) is 0 Å². The van der Waals surface area contributed by atoms with E-state index in [1.165, 1.54) is 12.0 Å². The third-order valence-corrected chi connectivity index (χ3v) is 3.46.